The molecule has 0 saturated heterocycles. The van der Waals surface area contributed by atoms with Gasteiger partial charge in [0.2, 0.25) is 5.95 Å². The largest absolute Gasteiger partial charge is 0.360 e. The molecule has 8 heteroatoms. The number of halogens is 1. The van der Waals surface area contributed by atoms with E-state index in [1.807, 2.05) is 0 Å². The molecule has 0 spiro atoms. The molecule has 0 amide bonds. The summed E-state index contributed by atoms with van der Waals surface area (Å²) in [6.07, 6.45) is 2.22. The first-order valence-corrected chi connectivity index (χ1v) is 7.07. The molecule has 7 nitrogen and oxygen atoms in total. The summed E-state index contributed by atoms with van der Waals surface area (Å²) < 4.78 is 17.8. The third-order valence-electron chi connectivity index (χ3n) is 3.05. The summed E-state index contributed by atoms with van der Waals surface area (Å²) in [7, 11) is 0. The number of benzene rings is 1. The van der Waals surface area contributed by atoms with E-state index in [4.69, 9.17) is 4.52 Å². The summed E-state index contributed by atoms with van der Waals surface area (Å²) in [5, 5.41) is 17.7. The summed E-state index contributed by atoms with van der Waals surface area (Å²) in [5.41, 5.74) is 1.03. The molecule has 3 aromatic rings. The van der Waals surface area contributed by atoms with Crippen LogP contribution in [0.1, 0.15) is 11.3 Å². The molecule has 2 N–H and O–H groups in total. The van der Waals surface area contributed by atoms with Crippen LogP contribution in [0.25, 0.3) is 0 Å². The molecule has 0 aliphatic rings. The zero-order valence-corrected chi connectivity index (χ0v) is 12.5. The first kappa shape index (κ1) is 14.9. The minimum Gasteiger partial charge on any atom is -0.360 e. The quantitative estimate of drug-likeness (QED) is 0.723. The van der Waals surface area contributed by atoms with Gasteiger partial charge in [0, 0.05) is 12.6 Å². The van der Waals surface area contributed by atoms with Crippen LogP contribution in [-0.4, -0.2) is 26.9 Å². The molecule has 23 heavy (non-hydrogen) atoms. The Morgan fingerprint density at radius 3 is 2.74 bits per heavy atom. The predicted molar refractivity (Wildman–Crippen MR) is 82.9 cm³/mol. The maximum Gasteiger partial charge on any atom is 0.244 e. The van der Waals surface area contributed by atoms with Crippen molar-refractivity contribution in [3.63, 3.8) is 0 Å². The highest BCUT2D eigenvalue weighted by molar-refractivity contribution is 5.51. The Balaban J connectivity index is 1.56. The third-order valence-corrected chi connectivity index (χ3v) is 3.05. The van der Waals surface area contributed by atoms with Crippen molar-refractivity contribution < 1.29 is 8.91 Å². The second kappa shape index (κ2) is 6.82. The number of aromatic nitrogens is 4. The van der Waals surface area contributed by atoms with Crippen molar-refractivity contribution in [2.24, 2.45) is 0 Å². The second-order valence-corrected chi connectivity index (χ2v) is 4.92. The molecule has 0 atom stereocenters. The Morgan fingerprint density at radius 2 is 2.00 bits per heavy atom. The highest BCUT2D eigenvalue weighted by Gasteiger charge is 2.04. The molecule has 118 valence electrons. The molecule has 0 saturated carbocycles. The number of anilines is 3. The maximum absolute atomic E-state index is 12.8. The van der Waals surface area contributed by atoms with Crippen molar-refractivity contribution in [1.82, 2.24) is 20.3 Å². The van der Waals surface area contributed by atoms with Crippen LogP contribution in [-0.2, 0) is 6.42 Å². The lowest BCUT2D eigenvalue weighted by Gasteiger charge is -2.06. The highest BCUT2D eigenvalue weighted by Crippen LogP contribution is 2.14. The second-order valence-electron chi connectivity index (χ2n) is 4.92. The molecule has 0 bridgehead atoms. The van der Waals surface area contributed by atoms with E-state index in [0.29, 0.717) is 29.9 Å². The van der Waals surface area contributed by atoms with E-state index in [1.165, 1.54) is 18.3 Å². The third kappa shape index (κ3) is 4.22. The number of aryl methyl sites for hydroxylation is 1. The van der Waals surface area contributed by atoms with Crippen LogP contribution in [0, 0.1) is 12.7 Å². The SMILES string of the molecule is Cc1cc(Nc2cnnc(NCCc3ccc(F)cc3)n2)no1. The number of nitrogens with one attached hydrogen (secondary N) is 2. The lowest BCUT2D eigenvalue weighted by atomic mass is 10.1. The van der Waals surface area contributed by atoms with Crippen LogP contribution < -0.4 is 10.6 Å². The van der Waals surface area contributed by atoms with Gasteiger partial charge in [-0.3, -0.25) is 0 Å². The fraction of sp³-hybridized carbons (Fsp3) is 0.200. The lowest BCUT2D eigenvalue weighted by molar-refractivity contribution is 0.400. The highest BCUT2D eigenvalue weighted by atomic mass is 19.1. The van der Waals surface area contributed by atoms with Crippen LogP contribution in [0.5, 0.6) is 0 Å². The zero-order chi connectivity index (χ0) is 16.1. The molecule has 0 aliphatic carbocycles. The first-order chi connectivity index (χ1) is 11.2. The van der Waals surface area contributed by atoms with Crippen molar-refractivity contribution in [3.8, 4) is 0 Å². The van der Waals surface area contributed by atoms with E-state index in [1.54, 1.807) is 25.1 Å². The average molecular weight is 314 g/mol. The minimum absolute atomic E-state index is 0.240. The van der Waals surface area contributed by atoms with Crippen molar-refractivity contribution in [1.29, 1.82) is 0 Å². The van der Waals surface area contributed by atoms with Crippen LogP contribution in [0.3, 0.4) is 0 Å². The number of nitrogens with zero attached hydrogens (tertiary/aromatic N) is 4. The summed E-state index contributed by atoms with van der Waals surface area (Å²) in [6.45, 7) is 2.42. The molecule has 0 radical (unpaired) electrons. The standard InChI is InChI=1S/C15H15FN6O/c1-10-8-13(22-23-10)19-14-9-18-21-15(20-14)17-7-6-11-2-4-12(16)5-3-11/h2-5,8-9H,6-7H2,1H3,(H2,17,19,20,21,22). The van der Waals surface area contributed by atoms with E-state index in [-0.39, 0.29) is 5.82 Å². The number of hydrogen-bond acceptors (Lipinski definition) is 7. The lowest BCUT2D eigenvalue weighted by Crippen LogP contribution is -2.09. The fourth-order valence-electron chi connectivity index (χ4n) is 1.96. The number of rotatable bonds is 6. The van der Waals surface area contributed by atoms with E-state index in [9.17, 15) is 4.39 Å². The summed E-state index contributed by atoms with van der Waals surface area (Å²) in [4.78, 5) is 4.29. The van der Waals surface area contributed by atoms with Crippen molar-refractivity contribution in [3.05, 3.63) is 53.7 Å². The topological polar surface area (TPSA) is 88.8 Å². The average Bonchev–Trinajstić information content (AvgIpc) is 2.95. The summed E-state index contributed by atoms with van der Waals surface area (Å²) >= 11 is 0. The first-order valence-electron chi connectivity index (χ1n) is 7.07. The molecule has 2 heterocycles. The van der Waals surface area contributed by atoms with Gasteiger partial charge < -0.3 is 15.2 Å². The Hall–Kier alpha value is -3.03. The van der Waals surface area contributed by atoms with Gasteiger partial charge in [-0.2, -0.15) is 10.1 Å². The van der Waals surface area contributed by atoms with Crippen molar-refractivity contribution in [2.75, 3.05) is 17.2 Å². The van der Waals surface area contributed by atoms with Crippen LogP contribution >= 0.6 is 0 Å². The van der Waals surface area contributed by atoms with Gasteiger partial charge in [0.05, 0.1) is 6.20 Å². The van der Waals surface area contributed by atoms with Gasteiger partial charge in [0.25, 0.3) is 0 Å². The molecule has 3 rings (SSSR count). The van der Waals surface area contributed by atoms with Crippen LogP contribution in [0.4, 0.5) is 22.0 Å². The zero-order valence-electron chi connectivity index (χ0n) is 12.5. The molecule has 2 aromatic heterocycles. The normalized spacial score (nSPS) is 10.5. The predicted octanol–water partition coefficient (Wildman–Crippen LogP) is 2.71. The molecule has 0 unspecified atom stereocenters. The minimum atomic E-state index is -0.240. The molecule has 1 aromatic carbocycles. The molecular formula is C15H15FN6O. The van der Waals surface area contributed by atoms with Crippen molar-refractivity contribution in [2.45, 2.75) is 13.3 Å². The van der Waals surface area contributed by atoms with E-state index in [0.717, 1.165) is 12.0 Å². The van der Waals surface area contributed by atoms with Crippen LogP contribution in [0.2, 0.25) is 0 Å². The van der Waals surface area contributed by atoms with E-state index in [2.05, 4.69) is 31.0 Å². The van der Waals surface area contributed by atoms with Gasteiger partial charge >= 0.3 is 0 Å². The van der Waals surface area contributed by atoms with Gasteiger partial charge in [0.15, 0.2) is 11.6 Å². The Morgan fingerprint density at radius 1 is 1.17 bits per heavy atom. The monoisotopic (exact) mass is 314 g/mol. The van der Waals surface area contributed by atoms with Gasteiger partial charge in [-0.25, -0.2) is 4.39 Å². The Bertz CT molecular complexity index is 774. The molecular weight excluding hydrogens is 299 g/mol. The Labute approximate surface area is 131 Å². The van der Waals surface area contributed by atoms with Gasteiger partial charge in [-0.05, 0) is 31.0 Å². The fourth-order valence-corrected chi connectivity index (χ4v) is 1.96. The van der Waals surface area contributed by atoms with Crippen molar-refractivity contribution >= 4 is 17.6 Å². The number of hydrogen-bond donors (Lipinski definition) is 2. The smallest absolute Gasteiger partial charge is 0.244 e. The van der Waals surface area contributed by atoms with E-state index < -0.39 is 0 Å². The maximum atomic E-state index is 12.8. The molecule has 0 fully saturated rings. The molecule has 0 aliphatic heterocycles. The van der Waals surface area contributed by atoms with E-state index >= 15 is 0 Å². The van der Waals surface area contributed by atoms with Crippen LogP contribution in [0.15, 0.2) is 41.1 Å². The van der Waals surface area contributed by atoms with Gasteiger partial charge in [-0.15, -0.1) is 5.10 Å². The Kier molecular flexibility index (Phi) is 4.41. The summed E-state index contributed by atoms with van der Waals surface area (Å²) in [6, 6.07) is 8.14. The summed E-state index contributed by atoms with van der Waals surface area (Å²) in [5.74, 6) is 1.93. The van der Waals surface area contributed by atoms with Gasteiger partial charge in [0.1, 0.15) is 11.6 Å². The van der Waals surface area contributed by atoms with Gasteiger partial charge in [-0.1, -0.05) is 17.3 Å².